The van der Waals surface area contributed by atoms with Gasteiger partial charge in [0.1, 0.15) is 5.75 Å². The number of allylic oxidation sites excluding steroid dienone is 1. The van der Waals surface area contributed by atoms with E-state index in [1.54, 1.807) is 0 Å². The van der Waals surface area contributed by atoms with Crippen molar-refractivity contribution >= 4 is 10.9 Å². The molecule has 0 aliphatic rings. The number of aromatic nitrogens is 1. The van der Waals surface area contributed by atoms with E-state index in [0.717, 1.165) is 31.7 Å². The Labute approximate surface area is 109 Å². The van der Waals surface area contributed by atoms with E-state index >= 15 is 0 Å². The van der Waals surface area contributed by atoms with Gasteiger partial charge in [-0.05, 0) is 31.0 Å². The highest BCUT2D eigenvalue weighted by Gasteiger charge is 2.06. The molecule has 0 radical (unpaired) electrons. The molecular formula is C16H21NO. The van der Waals surface area contributed by atoms with Crippen molar-refractivity contribution in [2.75, 3.05) is 6.61 Å². The quantitative estimate of drug-likeness (QED) is 0.686. The highest BCUT2D eigenvalue weighted by Crippen LogP contribution is 2.27. The number of nitrogens with zero attached hydrogens (tertiary/aromatic N) is 1. The van der Waals surface area contributed by atoms with Crippen LogP contribution in [0, 0.1) is 0 Å². The maximum atomic E-state index is 5.78. The minimum absolute atomic E-state index is 0.770. The second-order valence-corrected chi connectivity index (χ2v) is 4.58. The van der Waals surface area contributed by atoms with E-state index in [2.05, 4.69) is 49.4 Å². The van der Waals surface area contributed by atoms with Crippen LogP contribution < -0.4 is 4.74 Å². The lowest BCUT2D eigenvalue weighted by atomic mass is 10.2. The van der Waals surface area contributed by atoms with Gasteiger partial charge in [0.25, 0.3) is 0 Å². The fraction of sp³-hybridized carbons (Fsp3) is 0.375. The van der Waals surface area contributed by atoms with Crippen molar-refractivity contribution in [1.29, 1.82) is 0 Å². The molecule has 2 aromatic rings. The number of fused-ring (bicyclic) bond motifs is 1. The molecule has 2 nitrogen and oxygen atoms in total. The third-order valence-corrected chi connectivity index (χ3v) is 3.13. The largest absolute Gasteiger partial charge is 0.493 e. The van der Waals surface area contributed by atoms with Crippen LogP contribution in [0.3, 0.4) is 0 Å². The summed E-state index contributed by atoms with van der Waals surface area (Å²) in [6.45, 7) is 9.99. The predicted molar refractivity (Wildman–Crippen MR) is 77.2 cm³/mol. The van der Waals surface area contributed by atoms with Gasteiger partial charge in [-0.3, -0.25) is 0 Å². The number of hydrogen-bond acceptors (Lipinski definition) is 1. The first kappa shape index (κ1) is 12.7. The summed E-state index contributed by atoms with van der Waals surface area (Å²) in [4.78, 5) is 0. The maximum absolute atomic E-state index is 5.78. The molecule has 0 bridgehead atoms. The van der Waals surface area contributed by atoms with E-state index in [0.29, 0.717) is 0 Å². The number of benzene rings is 1. The molecule has 1 heterocycles. The minimum Gasteiger partial charge on any atom is -0.493 e. The molecule has 0 saturated carbocycles. The van der Waals surface area contributed by atoms with Gasteiger partial charge in [-0.1, -0.05) is 32.1 Å². The molecule has 1 aromatic heterocycles. The van der Waals surface area contributed by atoms with Crippen LogP contribution in [-0.4, -0.2) is 11.2 Å². The number of hydrogen-bond donors (Lipinski definition) is 0. The summed E-state index contributed by atoms with van der Waals surface area (Å²) in [6.07, 6.45) is 4.17. The molecule has 0 N–H and O–H groups in total. The van der Waals surface area contributed by atoms with Gasteiger partial charge in [-0.15, -0.1) is 0 Å². The smallest absolute Gasteiger partial charge is 0.128 e. The third-order valence-electron chi connectivity index (χ3n) is 3.13. The summed E-state index contributed by atoms with van der Waals surface area (Å²) < 4.78 is 8.01. The Hall–Kier alpha value is -1.70. The zero-order valence-electron chi connectivity index (χ0n) is 11.3. The fourth-order valence-electron chi connectivity index (χ4n) is 2.02. The minimum atomic E-state index is 0.770. The highest BCUT2D eigenvalue weighted by atomic mass is 16.5. The molecule has 0 fully saturated rings. The van der Waals surface area contributed by atoms with E-state index in [4.69, 9.17) is 4.74 Å². The van der Waals surface area contributed by atoms with Crippen LogP contribution in [0.1, 0.15) is 26.7 Å². The van der Waals surface area contributed by atoms with Crippen LogP contribution in [0.25, 0.3) is 10.9 Å². The zero-order chi connectivity index (χ0) is 13.0. The summed E-state index contributed by atoms with van der Waals surface area (Å²) in [6, 6.07) is 8.36. The zero-order valence-corrected chi connectivity index (χ0v) is 11.3. The molecule has 1 aromatic carbocycles. The van der Waals surface area contributed by atoms with Crippen molar-refractivity contribution in [2.45, 2.75) is 33.2 Å². The average Bonchev–Trinajstić information content (AvgIpc) is 2.80. The van der Waals surface area contributed by atoms with E-state index in [1.807, 2.05) is 6.07 Å². The van der Waals surface area contributed by atoms with Crippen LogP contribution in [-0.2, 0) is 6.54 Å². The Balaban J connectivity index is 2.32. The van der Waals surface area contributed by atoms with Crippen molar-refractivity contribution in [2.24, 2.45) is 0 Å². The summed E-state index contributed by atoms with van der Waals surface area (Å²) >= 11 is 0. The topological polar surface area (TPSA) is 14.2 Å². The molecule has 0 saturated heterocycles. The standard InChI is InChI=1S/C16H21NO/c1-4-11-18-16-8-6-7-15-14(16)9-10-17(15)12-13(3)5-2/h6-10H,3-5,11-12H2,1-2H3. The molecular weight excluding hydrogens is 222 g/mol. The van der Waals surface area contributed by atoms with E-state index in [9.17, 15) is 0 Å². The van der Waals surface area contributed by atoms with Crippen molar-refractivity contribution in [1.82, 2.24) is 4.57 Å². The number of rotatable bonds is 6. The first-order valence-corrected chi connectivity index (χ1v) is 6.63. The molecule has 18 heavy (non-hydrogen) atoms. The molecule has 2 rings (SSSR count). The molecule has 0 atom stereocenters. The van der Waals surface area contributed by atoms with Crippen LogP contribution in [0.15, 0.2) is 42.6 Å². The normalized spacial score (nSPS) is 10.8. The van der Waals surface area contributed by atoms with Gasteiger partial charge < -0.3 is 9.30 Å². The Kier molecular flexibility index (Phi) is 4.08. The lowest BCUT2D eigenvalue weighted by molar-refractivity contribution is 0.321. The van der Waals surface area contributed by atoms with Crippen LogP contribution >= 0.6 is 0 Å². The Morgan fingerprint density at radius 2 is 2.11 bits per heavy atom. The van der Waals surface area contributed by atoms with Gasteiger partial charge in [0.05, 0.1) is 12.1 Å². The average molecular weight is 243 g/mol. The van der Waals surface area contributed by atoms with Gasteiger partial charge >= 0.3 is 0 Å². The van der Waals surface area contributed by atoms with Crippen LogP contribution in [0.5, 0.6) is 5.75 Å². The first-order valence-electron chi connectivity index (χ1n) is 6.63. The molecule has 0 unspecified atom stereocenters. The van der Waals surface area contributed by atoms with Crippen molar-refractivity contribution in [3.8, 4) is 5.75 Å². The van der Waals surface area contributed by atoms with Crippen LogP contribution in [0.2, 0.25) is 0 Å². The molecule has 96 valence electrons. The second kappa shape index (κ2) is 5.76. The van der Waals surface area contributed by atoms with Gasteiger partial charge in [0.15, 0.2) is 0 Å². The Morgan fingerprint density at radius 3 is 2.83 bits per heavy atom. The highest BCUT2D eigenvalue weighted by molar-refractivity contribution is 5.86. The summed E-state index contributed by atoms with van der Waals surface area (Å²) in [5.41, 5.74) is 2.46. The Bertz CT molecular complexity index is 539. The Morgan fingerprint density at radius 1 is 1.28 bits per heavy atom. The monoisotopic (exact) mass is 243 g/mol. The maximum Gasteiger partial charge on any atom is 0.128 e. The third kappa shape index (κ3) is 2.58. The summed E-state index contributed by atoms with van der Waals surface area (Å²) in [7, 11) is 0. The van der Waals surface area contributed by atoms with Gasteiger partial charge in [-0.25, -0.2) is 0 Å². The van der Waals surface area contributed by atoms with Gasteiger partial charge in [0.2, 0.25) is 0 Å². The van der Waals surface area contributed by atoms with Crippen LogP contribution in [0.4, 0.5) is 0 Å². The molecule has 0 spiro atoms. The summed E-state index contributed by atoms with van der Waals surface area (Å²) in [5, 5.41) is 1.19. The predicted octanol–water partition coefficient (Wildman–Crippen LogP) is 4.40. The second-order valence-electron chi connectivity index (χ2n) is 4.58. The SMILES string of the molecule is C=C(CC)Cn1ccc2c(OCCC)cccc21. The molecule has 0 amide bonds. The van der Waals surface area contributed by atoms with E-state index < -0.39 is 0 Å². The molecule has 0 aliphatic carbocycles. The van der Waals surface area contributed by atoms with Crippen molar-refractivity contribution in [3.05, 3.63) is 42.6 Å². The van der Waals surface area contributed by atoms with Crippen molar-refractivity contribution < 1.29 is 4.74 Å². The van der Waals surface area contributed by atoms with Gasteiger partial charge in [-0.2, -0.15) is 0 Å². The molecule has 2 heteroatoms. The lowest BCUT2D eigenvalue weighted by Gasteiger charge is -2.09. The van der Waals surface area contributed by atoms with E-state index in [-0.39, 0.29) is 0 Å². The van der Waals surface area contributed by atoms with Crippen molar-refractivity contribution in [3.63, 3.8) is 0 Å². The van der Waals surface area contributed by atoms with Gasteiger partial charge in [0, 0.05) is 18.1 Å². The number of ether oxygens (including phenoxy) is 1. The summed E-state index contributed by atoms with van der Waals surface area (Å²) in [5.74, 6) is 0.982. The lowest BCUT2D eigenvalue weighted by Crippen LogP contribution is -1.98. The first-order chi connectivity index (χ1) is 8.76. The molecule has 0 aliphatic heterocycles. The fourth-order valence-corrected chi connectivity index (χ4v) is 2.02. The van der Waals surface area contributed by atoms with E-state index in [1.165, 1.54) is 16.5 Å².